The van der Waals surface area contributed by atoms with Gasteiger partial charge in [-0.3, -0.25) is 9.59 Å². The lowest BCUT2D eigenvalue weighted by molar-refractivity contribution is 0.102. The van der Waals surface area contributed by atoms with Crippen molar-refractivity contribution in [1.29, 1.82) is 0 Å². The number of benzene rings is 2. The van der Waals surface area contributed by atoms with Crippen molar-refractivity contribution in [1.82, 2.24) is 10.2 Å². The number of methoxy groups -OCH3 is 1. The number of rotatable bonds is 5. The summed E-state index contributed by atoms with van der Waals surface area (Å²) in [5.41, 5.74) is 2.52. The van der Waals surface area contributed by atoms with Crippen molar-refractivity contribution >= 4 is 11.6 Å². The van der Waals surface area contributed by atoms with Crippen LogP contribution in [0.5, 0.6) is 5.75 Å². The SMILES string of the molecule is COc1ccc(NC(=O)c2ccc(=O)[nH]n2)cc1Cc1ccccc1. The first-order chi connectivity index (χ1) is 12.2. The van der Waals surface area contributed by atoms with E-state index in [-0.39, 0.29) is 11.3 Å². The highest BCUT2D eigenvalue weighted by atomic mass is 16.5. The van der Waals surface area contributed by atoms with Gasteiger partial charge < -0.3 is 10.1 Å². The highest BCUT2D eigenvalue weighted by Crippen LogP contribution is 2.25. The molecule has 0 radical (unpaired) electrons. The zero-order chi connectivity index (χ0) is 17.6. The number of carbonyl (C=O) groups is 1. The fraction of sp³-hybridized carbons (Fsp3) is 0.105. The molecular weight excluding hydrogens is 318 g/mol. The van der Waals surface area contributed by atoms with E-state index in [1.165, 1.54) is 12.1 Å². The van der Waals surface area contributed by atoms with Gasteiger partial charge in [0.2, 0.25) is 0 Å². The summed E-state index contributed by atoms with van der Waals surface area (Å²) in [5.74, 6) is 0.357. The van der Waals surface area contributed by atoms with E-state index in [4.69, 9.17) is 4.74 Å². The predicted molar refractivity (Wildman–Crippen MR) is 95.1 cm³/mol. The maximum Gasteiger partial charge on any atom is 0.276 e. The summed E-state index contributed by atoms with van der Waals surface area (Å²) in [6.07, 6.45) is 0.685. The molecular formula is C19H17N3O3. The average molecular weight is 335 g/mol. The molecule has 6 heteroatoms. The maximum absolute atomic E-state index is 12.2. The summed E-state index contributed by atoms with van der Waals surface area (Å²) in [6, 6.07) is 18.1. The van der Waals surface area contributed by atoms with Gasteiger partial charge in [0, 0.05) is 23.7 Å². The van der Waals surface area contributed by atoms with Crippen LogP contribution in [0.2, 0.25) is 0 Å². The number of amides is 1. The third kappa shape index (κ3) is 4.11. The molecule has 1 aromatic heterocycles. The van der Waals surface area contributed by atoms with Crippen LogP contribution >= 0.6 is 0 Å². The van der Waals surface area contributed by atoms with Crippen molar-refractivity contribution in [2.75, 3.05) is 12.4 Å². The van der Waals surface area contributed by atoms with Crippen LogP contribution in [0.15, 0.2) is 65.5 Å². The lowest BCUT2D eigenvalue weighted by atomic mass is 10.0. The monoisotopic (exact) mass is 335 g/mol. The smallest absolute Gasteiger partial charge is 0.276 e. The van der Waals surface area contributed by atoms with E-state index in [1.54, 1.807) is 13.2 Å². The number of nitrogens with one attached hydrogen (secondary N) is 2. The lowest BCUT2D eigenvalue weighted by Crippen LogP contribution is -2.17. The summed E-state index contributed by atoms with van der Waals surface area (Å²) >= 11 is 0. The Morgan fingerprint density at radius 3 is 2.60 bits per heavy atom. The number of H-pyrrole nitrogens is 1. The summed E-state index contributed by atoms with van der Waals surface area (Å²) < 4.78 is 5.41. The van der Waals surface area contributed by atoms with Gasteiger partial charge in [-0.1, -0.05) is 30.3 Å². The molecule has 0 spiro atoms. The largest absolute Gasteiger partial charge is 0.496 e. The van der Waals surface area contributed by atoms with Crippen LogP contribution in [-0.2, 0) is 6.42 Å². The highest BCUT2D eigenvalue weighted by Gasteiger charge is 2.11. The van der Waals surface area contributed by atoms with Gasteiger partial charge >= 0.3 is 0 Å². The van der Waals surface area contributed by atoms with Crippen molar-refractivity contribution < 1.29 is 9.53 Å². The summed E-state index contributed by atoms with van der Waals surface area (Å²) in [5, 5.41) is 8.74. The Morgan fingerprint density at radius 1 is 1.12 bits per heavy atom. The van der Waals surface area contributed by atoms with Gasteiger partial charge in [0.1, 0.15) is 11.4 Å². The van der Waals surface area contributed by atoms with Crippen LogP contribution < -0.4 is 15.6 Å². The van der Waals surface area contributed by atoms with Gasteiger partial charge in [-0.25, -0.2) is 5.10 Å². The average Bonchev–Trinajstić information content (AvgIpc) is 2.63. The lowest BCUT2D eigenvalue weighted by Gasteiger charge is -2.12. The summed E-state index contributed by atoms with van der Waals surface area (Å²) in [4.78, 5) is 23.3. The van der Waals surface area contributed by atoms with Gasteiger partial charge in [-0.05, 0) is 29.8 Å². The Bertz CT molecular complexity index is 916. The molecule has 0 fully saturated rings. The van der Waals surface area contributed by atoms with E-state index >= 15 is 0 Å². The van der Waals surface area contributed by atoms with Crippen molar-refractivity contribution in [3.63, 3.8) is 0 Å². The Balaban J connectivity index is 1.82. The molecule has 25 heavy (non-hydrogen) atoms. The Hall–Kier alpha value is -3.41. The minimum absolute atomic E-state index is 0.139. The van der Waals surface area contributed by atoms with Gasteiger partial charge in [0.15, 0.2) is 0 Å². The molecule has 0 atom stereocenters. The van der Waals surface area contributed by atoms with Crippen molar-refractivity contribution in [3.05, 3.63) is 87.8 Å². The molecule has 0 aliphatic rings. The van der Waals surface area contributed by atoms with E-state index in [9.17, 15) is 9.59 Å². The Labute approximate surface area is 144 Å². The number of hydrogen-bond donors (Lipinski definition) is 2. The van der Waals surface area contributed by atoms with Crippen LogP contribution in [0.1, 0.15) is 21.6 Å². The molecule has 2 N–H and O–H groups in total. The molecule has 0 aliphatic carbocycles. The van der Waals surface area contributed by atoms with Crippen LogP contribution in [0.3, 0.4) is 0 Å². The van der Waals surface area contributed by atoms with Crippen LogP contribution in [0, 0.1) is 0 Å². The van der Waals surface area contributed by atoms with Crippen molar-refractivity contribution in [3.8, 4) is 5.75 Å². The van der Waals surface area contributed by atoms with Gasteiger partial charge in [-0.15, -0.1) is 0 Å². The van der Waals surface area contributed by atoms with Gasteiger partial charge in [0.05, 0.1) is 7.11 Å². The van der Waals surface area contributed by atoms with Crippen molar-refractivity contribution in [2.45, 2.75) is 6.42 Å². The normalized spacial score (nSPS) is 10.3. The molecule has 0 bridgehead atoms. The topological polar surface area (TPSA) is 84.1 Å². The van der Waals surface area contributed by atoms with E-state index in [0.29, 0.717) is 12.1 Å². The van der Waals surface area contributed by atoms with Crippen LogP contribution in [0.4, 0.5) is 5.69 Å². The zero-order valence-electron chi connectivity index (χ0n) is 13.7. The van der Waals surface area contributed by atoms with Crippen molar-refractivity contribution in [2.24, 2.45) is 0 Å². The minimum atomic E-state index is -0.396. The second-order valence-electron chi connectivity index (χ2n) is 5.45. The number of aromatic nitrogens is 2. The molecule has 3 rings (SSSR count). The summed E-state index contributed by atoms with van der Waals surface area (Å²) in [6.45, 7) is 0. The molecule has 3 aromatic rings. The third-order valence-electron chi connectivity index (χ3n) is 3.69. The predicted octanol–water partition coefficient (Wildman–Crippen LogP) is 2.62. The molecule has 0 saturated heterocycles. The first kappa shape index (κ1) is 16.4. The highest BCUT2D eigenvalue weighted by molar-refractivity contribution is 6.02. The van der Waals surface area contributed by atoms with Gasteiger partial charge in [0.25, 0.3) is 11.5 Å². The molecule has 126 valence electrons. The maximum atomic E-state index is 12.2. The first-order valence-electron chi connectivity index (χ1n) is 7.73. The standard InChI is InChI=1S/C19H17N3O3/c1-25-17-9-7-15(12-14(17)11-13-5-3-2-4-6-13)20-19(24)16-8-10-18(23)22-21-16/h2-10,12H,11H2,1H3,(H,20,24)(H,22,23). The molecule has 2 aromatic carbocycles. The minimum Gasteiger partial charge on any atom is -0.496 e. The quantitative estimate of drug-likeness (QED) is 0.751. The molecule has 1 amide bonds. The fourth-order valence-corrected chi connectivity index (χ4v) is 2.48. The summed E-state index contributed by atoms with van der Waals surface area (Å²) in [7, 11) is 1.62. The Kier molecular flexibility index (Phi) is 4.89. The first-order valence-corrected chi connectivity index (χ1v) is 7.73. The number of nitrogens with zero attached hydrogens (tertiary/aromatic N) is 1. The van der Waals surface area contributed by atoms with E-state index in [1.807, 2.05) is 42.5 Å². The molecule has 1 heterocycles. The van der Waals surface area contributed by atoms with Crippen LogP contribution in [-0.4, -0.2) is 23.2 Å². The van der Waals surface area contributed by atoms with E-state index < -0.39 is 5.91 Å². The molecule has 6 nitrogen and oxygen atoms in total. The van der Waals surface area contributed by atoms with E-state index in [0.717, 1.165) is 16.9 Å². The zero-order valence-corrected chi connectivity index (χ0v) is 13.7. The number of carbonyl (C=O) groups excluding carboxylic acids is 1. The second kappa shape index (κ2) is 7.44. The number of anilines is 1. The van der Waals surface area contributed by atoms with Gasteiger partial charge in [-0.2, -0.15) is 5.10 Å². The molecule has 0 aliphatic heterocycles. The number of aromatic amines is 1. The second-order valence-corrected chi connectivity index (χ2v) is 5.45. The number of ether oxygens (including phenoxy) is 1. The molecule has 0 saturated carbocycles. The number of hydrogen-bond acceptors (Lipinski definition) is 4. The Morgan fingerprint density at radius 2 is 1.92 bits per heavy atom. The molecule has 0 unspecified atom stereocenters. The van der Waals surface area contributed by atoms with Crippen LogP contribution in [0.25, 0.3) is 0 Å². The third-order valence-corrected chi connectivity index (χ3v) is 3.69. The van der Waals surface area contributed by atoms with E-state index in [2.05, 4.69) is 15.5 Å². The fourth-order valence-electron chi connectivity index (χ4n) is 2.48.